The Morgan fingerprint density at radius 1 is 0.722 bits per heavy atom. The molecule has 0 aliphatic rings. The van der Waals surface area contributed by atoms with Gasteiger partial charge in [-0.25, -0.2) is 0 Å². The lowest BCUT2D eigenvalue weighted by Gasteiger charge is -2.12. The molecule has 0 aromatic rings. The average molecular weight is 379 g/mol. The zero-order chi connectivity index (χ0) is 13.7. The molecule has 0 spiro atoms. The van der Waals surface area contributed by atoms with Crippen LogP contribution < -0.4 is 0 Å². The van der Waals surface area contributed by atoms with Crippen molar-refractivity contribution in [2.45, 2.75) is 59.3 Å². The average Bonchev–Trinajstić information content (AvgIpc) is 2.39. The third kappa shape index (κ3) is 8.48. The fraction of sp³-hybridized carbons (Fsp3) is 0.625. The zero-order valence-electron chi connectivity index (χ0n) is 12.2. The van der Waals surface area contributed by atoms with E-state index in [4.69, 9.17) is 0 Å². The van der Waals surface area contributed by atoms with Gasteiger partial charge in [0.2, 0.25) is 0 Å². The number of hydrogen-bond acceptors (Lipinski definition) is 0. The lowest BCUT2D eigenvalue weighted by atomic mass is 10.3. The maximum atomic E-state index is 2.55. The minimum Gasteiger partial charge on any atom is -0.0651 e. The van der Waals surface area contributed by atoms with Crippen LogP contribution in [0.3, 0.4) is 0 Å². The van der Waals surface area contributed by atoms with E-state index in [1.165, 1.54) is 42.7 Å². The summed E-state index contributed by atoms with van der Waals surface area (Å²) < 4.78 is 1.23. The summed E-state index contributed by atoms with van der Waals surface area (Å²) in [6, 6.07) is 0. The summed E-state index contributed by atoms with van der Waals surface area (Å²) in [7, 11) is -1.12. The number of alkyl halides is 1. The quantitative estimate of drug-likeness (QED) is 0.212. The SMILES string of the molecule is CCCC=C[P+](C=CCCC)(C=CCCC)CI. The highest BCUT2D eigenvalue weighted by Gasteiger charge is 2.26. The van der Waals surface area contributed by atoms with Crippen LogP contribution in [0.1, 0.15) is 59.3 Å². The molecule has 18 heavy (non-hydrogen) atoms. The van der Waals surface area contributed by atoms with Gasteiger partial charge in [-0.2, -0.15) is 0 Å². The fourth-order valence-electron chi connectivity index (χ4n) is 1.58. The summed E-state index contributed by atoms with van der Waals surface area (Å²) >= 11 is 2.55. The molecule has 0 rings (SSSR count). The molecule has 0 aromatic carbocycles. The minimum absolute atomic E-state index is 1.12. The van der Waals surface area contributed by atoms with Crippen molar-refractivity contribution in [3.8, 4) is 0 Å². The van der Waals surface area contributed by atoms with Gasteiger partial charge < -0.3 is 0 Å². The Kier molecular flexibility index (Phi) is 12.7. The van der Waals surface area contributed by atoms with E-state index >= 15 is 0 Å². The van der Waals surface area contributed by atoms with Gasteiger partial charge in [-0.1, -0.05) is 40.0 Å². The van der Waals surface area contributed by atoms with Crippen molar-refractivity contribution in [1.29, 1.82) is 0 Å². The lowest BCUT2D eigenvalue weighted by molar-refractivity contribution is 0.958. The molecule has 2 heteroatoms. The highest BCUT2D eigenvalue weighted by molar-refractivity contribution is 14.1. The molecule has 0 unspecified atom stereocenters. The standard InChI is InChI=1S/C16H29IP/c1-4-7-10-13-18(16-17,14-11-8-5-2)15-12-9-6-3/h10-15H,4-9,16H2,1-3H3/q+1. The zero-order valence-corrected chi connectivity index (χ0v) is 15.3. The van der Waals surface area contributed by atoms with Crippen LogP contribution in [-0.2, 0) is 0 Å². The van der Waals surface area contributed by atoms with Crippen molar-refractivity contribution in [2.24, 2.45) is 0 Å². The second-order valence-electron chi connectivity index (χ2n) is 4.63. The van der Waals surface area contributed by atoms with Gasteiger partial charge in [-0.05, 0) is 60.1 Å². The predicted molar refractivity (Wildman–Crippen MR) is 98.0 cm³/mol. The maximum absolute atomic E-state index is 2.55. The molecule has 0 saturated carbocycles. The Hall–Kier alpha value is 0.380. The maximum Gasteiger partial charge on any atom is 0.122 e. The first-order valence-electron chi connectivity index (χ1n) is 7.20. The first-order chi connectivity index (χ1) is 8.74. The highest BCUT2D eigenvalue weighted by atomic mass is 127. The van der Waals surface area contributed by atoms with Crippen molar-refractivity contribution in [3.63, 3.8) is 0 Å². The van der Waals surface area contributed by atoms with E-state index in [0.717, 1.165) is 0 Å². The molecule has 0 fully saturated rings. The minimum atomic E-state index is -1.12. The number of allylic oxidation sites excluding steroid dienone is 3. The summed E-state index contributed by atoms with van der Waals surface area (Å²) in [5, 5.41) is 0. The third-order valence-electron chi connectivity index (χ3n) is 2.72. The van der Waals surface area contributed by atoms with Crippen molar-refractivity contribution in [2.75, 3.05) is 4.17 Å². The number of unbranched alkanes of at least 4 members (excludes halogenated alkanes) is 3. The van der Waals surface area contributed by atoms with Crippen LogP contribution >= 0.6 is 29.9 Å². The molecule has 0 heterocycles. The van der Waals surface area contributed by atoms with Gasteiger partial charge in [0.25, 0.3) is 0 Å². The van der Waals surface area contributed by atoms with Gasteiger partial charge in [-0.15, -0.1) is 0 Å². The highest BCUT2D eigenvalue weighted by Crippen LogP contribution is 2.65. The van der Waals surface area contributed by atoms with E-state index in [9.17, 15) is 0 Å². The van der Waals surface area contributed by atoms with Crippen LogP contribution in [0.2, 0.25) is 0 Å². The summed E-state index contributed by atoms with van der Waals surface area (Å²) in [5.74, 6) is 7.50. The van der Waals surface area contributed by atoms with Crippen molar-refractivity contribution in [3.05, 3.63) is 35.7 Å². The molecule has 0 aromatic heterocycles. The molecule has 0 radical (unpaired) electrons. The van der Waals surface area contributed by atoms with E-state index in [1.807, 2.05) is 0 Å². The lowest BCUT2D eigenvalue weighted by Crippen LogP contribution is -1.83. The number of rotatable bonds is 10. The molecular weight excluding hydrogens is 350 g/mol. The molecule has 0 bridgehead atoms. The molecule has 0 aliphatic heterocycles. The van der Waals surface area contributed by atoms with Crippen LogP contribution in [0.5, 0.6) is 0 Å². The summed E-state index contributed by atoms with van der Waals surface area (Å²) in [6.07, 6.45) is 14.5. The Bertz CT molecular complexity index is 225. The van der Waals surface area contributed by atoms with Gasteiger partial charge in [0, 0.05) is 0 Å². The topological polar surface area (TPSA) is 0 Å². The van der Waals surface area contributed by atoms with E-state index in [-0.39, 0.29) is 0 Å². The molecule has 0 N–H and O–H groups in total. The number of hydrogen-bond donors (Lipinski definition) is 0. The van der Waals surface area contributed by atoms with Crippen LogP contribution in [-0.4, -0.2) is 4.17 Å². The monoisotopic (exact) mass is 379 g/mol. The number of halogens is 1. The smallest absolute Gasteiger partial charge is 0.0651 e. The van der Waals surface area contributed by atoms with E-state index < -0.39 is 7.26 Å². The normalized spacial score (nSPS) is 16.0. The Balaban J connectivity index is 4.81. The Morgan fingerprint density at radius 2 is 1.06 bits per heavy atom. The van der Waals surface area contributed by atoms with Crippen LogP contribution in [0.4, 0.5) is 0 Å². The summed E-state index contributed by atoms with van der Waals surface area (Å²) in [5.41, 5.74) is 0. The van der Waals surface area contributed by atoms with Crippen LogP contribution in [0.25, 0.3) is 0 Å². The van der Waals surface area contributed by atoms with Crippen molar-refractivity contribution < 1.29 is 0 Å². The van der Waals surface area contributed by atoms with E-state index in [1.54, 1.807) is 0 Å². The summed E-state index contributed by atoms with van der Waals surface area (Å²) in [6.45, 7) is 6.73. The second-order valence-corrected chi connectivity index (χ2v) is 9.80. The first-order valence-corrected chi connectivity index (χ1v) is 10.9. The largest absolute Gasteiger partial charge is 0.122 e. The molecule has 0 nitrogen and oxygen atoms in total. The third-order valence-corrected chi connectivity index (χ3v) is 8.98. The van der Waals surface area contributed by atoms with Gasteiger partial charge >= 0.3 is 0 Å². The molecule has 0 atom stereocenters. The van der Waals surface area contributed by atoms with E-state index in [2.05, 4.69) is 79.0 Å². The van der Waals surface area contributed by atoms with Gasteiger partial charge in [0.15, 0.2) is 0 Å². The van der Waals surface area contributed by atoms with Gasteiger partial charge in [0.05, 0.1) is 24.7 Å². The summed E-state index contributed by atoms with van der Waals surface area (Å²) in [4.78, 5) is 0. The molecular formula is C16H29IP+. The van der Waals surface area contributed by atoms with Crippen LogP contribution in [0, 0.1) is 0 Å². The Labute approximate surface area is 128 Å². The molecule has 0 amide bonds. The van der Waals surface area contributed by atoms with Gasteiger partial charge in [0.1, 0.15) is 4.17 Å². The van der Waals surface area contributed by atoms with Crippen LogP contribution in [0.15, 0.2) is 35.7 Å². The van der Waals surface area contributed by atoms with Gasteiger partial charge in [-0.3, -0.25) is 0 Å². The second kappa shape index (κ2) is 12.4. The Morgan fingerprint density at radius 3 is 1.28 bits per heavy atom. The fourth-order valence-corrected chi connectivity index (χ4v) is 5.79. The van der Waals surface area contributed by atoms with Crippen molar-refractivity contribution in [1.82, 2.24) is 0 Å². The van der Waals surface area contributed by atoms with E-state index in [0.29, 0.717) is 0 Å². The molecule has 0 aliphatic carbocycles. The van der Waals surface area contributed by atoms with Crippen molar-refractivity contribution >= 4 is 29.9 Å². The molecule has 104 valence electrons. The predicted octanol–water partition coefficient (Wildman–Crippen LogP) is 7.34. The molecule has 0 saturated heterocycles. The first kappa shape index (κ1) is 18.4.